The molecule has 29 heavy (non-hydrogen) atoms. The third kappa shape index (κ3) is 2.37. The number of aliphatic hydroxyl groups is 1. The van der Waals surface area contributed by atoms with E-state index in [0.29, 0.717) is 6.07 Å². The van der Waals surface area contributed by atoms with Crippen molar-refractivity contribution in [2.24, 2.45) is 5.41 Å². The fourth-order valence-corrected chi connectivity index (χ4v) is 5.78. The van der Waals surface area contributed by atoms with Gasteiger partial charge >= 0.3 is 0 Å². The van der Waals surface area contributed by atoms with E-state index in [1.807, 2.05) is 0 Å². The molecule has 1 atom stereocenters. The summed E-state index contributed by atoms with van der Waals surface area (Å²) >= 11 is 1.41. The molecular formula is C18H15F4N5OS. The molecule has 3 aliphatic rings. The van der Waals surface area contributed by atoms with Crippen LogP contribution in [0.3, 0.4) is 0 Å². The third-order valence-corrected chi connectivity index (χ3v) is 7.28. The van der Waals surface area contributed by atoms with Crippen LogP contribution in [0.15, 0.2) is 36.1 Å². The largest absolute Gasteiger partial charge is 0.377 e. The highest BCUT2D eigenvalue weighted by atomic mass is 32.1. The normalized spacial score (nSPS) is 27.8. The second kappa shape index (κ2) is 5.82. The number of alkyl halides is 2. The summed E-state index contributed by atoms with van der Waals surface area (Å²) in [5.41, 5.74) is -5.56. The van der Waals surface area contributed by atoms with Gasteiger partial charge in [0.05, 0.1) is 11.6 Å². The molecule has 0 spiro atoms. The van der Waals surface area contributed by atoms with Gasteiger partial charge in [0.25, 0.3) is 5.92 Å². The predicted molar refractivity (Wildman–Crippen MR) is 93.1 cm³/mol. The van der Waals surface area contributed by atoms with Crippen molar-refractivity contribution in [1.29, 1.82) is 0 Å². The van der Waals surface area contributed by atoms with Crippen LogP contribution in [-0.4, -0.2) is 36.2 Å². The fourth-order valence-electron chi connectivity index (χ4n) is 4.94. The monoisotopic (exact) mass is 425 g/mol. The number of tetrazole rings is 1. The average Bonchev–Trinajstić information content (AvgIpc) is 3.25. The lowest BCUT2D eigenvalue weighted by Crippen LogP contribution is -2.76. The van der Waals surface area contributed by atoms with Crippen LogP contribution >= 0.6 is 11.3 Å². The van der Waals surface area contributed by atoms with E-state index in [1.54, 1.807) is 11.6 Å². The molecule has 2 aromatic heterocycles. The number of aromatic nitrogens is 5. The van der Waals surface area contributed by atoms with Crippen LogP contribution in [0.25, 0.3) is 0 Å². The van der Waals surface area contributed by atoms with Crippen LogP contribution in [0.2, 0.25) is 0 Å². The fraction of sp³-hybridized carbons (Fsp3) is 0.444. The van der Waals surface area contributed by atoms with Crippen LogP contribution in [-0.2, 0) is 17.6 Å². The van der Waals surface area contributed by atoms with Gasteiger partial charge in [0.15, 0.2) is 5.60 Å². The van der Waals surface area contributed by atoms with Gasteiger partial charge in [-0.3, -0.25) is 0 Å². The number of halogens is 4. The van der Waals surface area contributed by atoms with E-state index in [0.717, 1.165) is 28.1 Å². The van der Waals surface area contributed by atoms with Gasteiger partial charge < -0.3 is 5.11 Å². The number of benzene rings is 1. The lowest BCUT2D eigenvalue weighted by atomic mass is 9.32. The number of hydrogen-bond donors (Lipinski definition) is 1. The van der Waals surface area contributed by atoms with E-state index in [-0.39, 0.29) is 19.3 Å². The molecule has 3 fully saturated rings. The molecule has 0 amide bonds. The minimum Gasteiger partial charge on any atom is -0.377 e. The van der Waals surface area contributed by atoms with Gasteiger partial charge in [-0.15, -0.1) is 16.4 Å². The maximum atomic E-state index is 15.9. The zero-order valence-corrected chi connectivity index (χ0v) is 15.7. The van der Waals surface area contributed by atoms with Crippen molar-refractivity contribution >= 4 is 11.3 Å². The van der Waals surface area contributed by atoms with Gasteiger partial charge in [-0.2, -0.15) is 0 Å². The molecule has 2 bridgehead atoms. The zero-order valence-electron chi connectivity index (χ0n) is 14.9. The summed E-state index contributed by atoms with van der Waals surface area (Å²) in [6.07, 6.45) is 3.11. The van der Waals surface area contributed by atoms with Crippen molar-refractivity contribution in [3.05, 3.63) is 58.3 Å². The van der Waals surface area contributed by atoms with Gasteiger partial charge in [0.1, 0.15) is 18.0 Å². The Balaban J connectivity index is 1.54. The first-order valence-corrected chi connectivity index (χ1v) is 9.76. The molecule has 0 radical (unpaired) electrons. The quantitative estimate of drug-likeness (QED) is 0.615. The summed E-state index contributed by atoms with van der Waals surface area (Å²) in [5, 5.41) is 24.2. The molecule has 11 heteroatoms. The standard InChI is InChI=1S/C18H15F4N5OS/c19-11-1-2-12(13(20)5-11)17(28,9-27-10-24-25-26-27)18(21,22)16-6-15(7-16,8-16)14-23-3-4-29-14/h1-5,10,28H,6-9H2/t15?,16?,17-/m0/s1. The Morgan fingerprint density at radius 3 is 2.55 bits per heavy atom. The van der Waals surface area contributed by atoms with Crippen molar-refractivity contribution < 1.29 is 22.7 Å². The Hall–Kier alpha value is -2.40. The first kappa shape index (κ1) is 18.6. The zero-order chi connectivity index (χ0) is 20.5. The molecule has 1 aromatic carbocycles. The second-order valence-electron chi connectivity index (χ2n) is 7.99. The van der Waals surface area contributed by atoms with E-state index in [1.165, 1.54) is 11.3 Å². The van der Waals surface area contributed by atoms with Crippen LogP contribution in [0.5, 0.6) is 0 Å². The highest BCUT2D eigenvalue weighted by molar-refractivity contribution is 7.09. The van der Waals surface area contributed by atoms with Crippen molar-refractivity contribution in [2.45, 2.75) is 42.7 Å². The minimum atomic E-state index is -3.72. The Morgan fingerprint density at radius 1 is 1.21 bits per heavy atom. The maximum absolute atomic E-state index is 15.9. The van der Waals surface area contributed by atoms with Crippen molar-refractivity contribution in [3.8, 4) is 0 Å². The molecule has 152 valence electrons. The summed E-state index contributed by atoms with van der Waals surface area (Å²) in [6, 6.07) is 2.18. The Labute approximate surface area is 166 Å². The topological polar surface area (TPSA) is 76.7 Å². The second-order valence-corrected chi connectivity index (χ2v) is 8.89. The van der Waals surface area contributed by atoms with Crippen LogP contribution in [0, 0.1) is 17.0 Å². The number of nitrogens with zero attached hydrogens (tertiary/aromatic N) is 5. The van der Waals surface area contributed by atoms with Crippen molar-refractivity contribution in [1.82, 2.24) is 25.2 Å². The van der Waals surface area contributed by atoms with Crippen LogP contribution in [0.4, 0.5) is 17.6 Å². The van der Waals surface area contributed by atoms with E-state index in [2.05, 4.69) is 20.5 Å². The van der Waals surface area contributed by atoms with Crippen LogP contribution < -0.4 is 0 Å². The lowest BCUT2D eigenvalue weighted by molar-refractivity contribution is -0.347. The molecule has 3 saturated carbocycles. The predicted octanol–water partition coefficient (Wildman–Crippen LogP) is 3.05. The molecule has 1 N–H and O–H groups in total. The molecule has 6 nitrogen and oxygen atoms in total. The maximum Gasteiger partial charge on any atom is 0.287 e. The van der Waals surface area contributed by atoms with E-state index in [9.17, 15) is 13.9 Å². The van der Waals surface area contributed by atoms with Crippen LogP contribution in [0.1, 0.15) is 29.8 Å². The highest BCUT2D eigenvalue weighted by Crippen LogP contribution is 2.80. The molecule has 3 aliphatic carbocycles. The Kier molecular flexibility index (Phi) is 3.74. The molecular weight excluding hydrogens is 410 g/mol. The number of rotatable bonds is 6. The molecule has 2 heterocycles. The highest BCUT2D eigenvalue weighted by Gasteiger charge is 2.82. The minimum absolute atomic E-state index is 0.140. The molecule has 0 unspecified atom stereocenters. The molecule has 0 aliphatic heterocycles. The summed E-state index contributed by atoms with van der Waals surface area (Å²) in [7, 11) is 0. The van der Waals surface area contributed by atoms with Gasteiger partial charge in [0, 0.05) is 34.0 Å². The third-order valence-electron chi connectivity index (χ3n) is 6.26. The summed E-state index contributed by atoms with van der Waals surface area (Å²) in [4.78, 5) is 4.24. The summed E-state index contributed by atoms with van der Waals surface area (Å²) in [5.74, 6) is -5.89. The van der Waals surface area contributed by atoms with Gasteiger partial charge in [-0.1, -0.05) is 0 Å². The van der Waals surface area contributed by atoms with E-state index in [4.69, 9.17) is 0 Å². The smallest absolute Gasteiger partial charge is 0.287 e. The Morgan fingerprint density at radius 2 is 1.97 bits per heavy atom. The van der Waals surface area contributed by atoms with Gasteiger partial charge in [-0.25, -0.2) is 27.2 Å². The number of hydrogen-bond acceptors (Lipinski definition) is 6. The lowest BCUT2D eigenvalue weighted by Gasteiger charge is -2.73. The van der Waals surface area contributed by atoms with E-state index < -0.39 is 46.1 Å². The van der Waals surface area contributed by atoms with Gasteiger partial charge in [-0.05, 0) is 41.8 Å². The first-order chi connectivity index (χ1) is 13.7. The average molecular weight is 425 g/mol. The van der Waals surface area contributed by atoms with E-state index >= 15 is 8.78 Å². The van der Waals surface area contributed by atoms with Gasteiger partial charge in [0.2, 0.25) is 0 Å². The Bertz CT molecular complexity index is 1040. The molecule has 3 aromatic rings. The van der Waals surface area contributed by atoms with Crippen molar-refractivity contribution in [2.75, 3.05) is 0 Å². The SMILES string of the molecule is O[C@@](Cn1cnnn1)(c1ccc(F)cc1F)C(F)(F)C12CC(c3nccs3)(C1)C2. The summed E-state index contributed by atoms with van der Waals surface area (Å²) in [6.45, 7) is -0.776. The van der Waals surface area contributed by atoms with Crippen molar-refractivity contribution in [3.63, 3.8) is 0 Å². The number of thiazole rings is 1. The molecule has 6 rings (SSSR count). The molecule has 0 saturated heterocycles. The summed E-state index contributed by atoms with van der Waals surface area (Å²) < 4.78 is 60.6. The first-order valence-electron chi connectivity index (χ1n) is 8.88.